The van der Waals surface area contributed by atoms with E-state index in [-0.39, 0.29) is 11.3 Å². The summed E-state index contributed by atoms with van der Waals surface area (Å²) >= 11 is 0. The van der Waals surface area contributed by atoms with Crippen LogP contribution in [0.15, 0.2) is 47.3 Å². The van der Waals surface area contributed by atoms with Gasteiger partial charge in [0.25, 0.3) is 5.91 Å². The molecule has 1 heterocycles. The molecule has 0 aliphatic heterocycles. The Bertz CT molecular complexity index is 646. The third kappa shape index (κ3) is 2.70. The number of aromatic nitrogens is 1. The van der Waals surface area contributed by atoms with Gasteiger partial charge in [0.1, 0.15) is 12.0 Å². The third-order valence-corrected chi connectivity index (χ3v) is 2.29. The zero-order chi connectivity index (χ0) is 13.0. The molecule has 1 amide bonds. The Kier molecular flexibility index (Phi) is 3.33. The lowest BCUT2D eigenvalue weighted by molar-refractivity contribution is 0.102. The summed E-state index contributed by atoms with van der Waals surface area (Å²) < 4.78 is 0. The molecule has 5 nitrogen and oxygen atoms in total. The molecule has 0 aliphatic rings. The first-order valence-electron chi connectivity index (χ1n) is 5.25. The second kappa shape index (κ2) is 5.09. The zero-order valence-electron chi connectivity index (χ0n) is 9.34. The molecule has 0 aliphatic carbocycles. The number of H-pyrrole nitrogens is 1. The van der Waals surface area contributed by atoms with Crippen LogP contribution in [0.1, 0.15) is 20.8 Å². The average molecular weight is 242 g/mol. The van der Waals surface area contributed by atoms with Gasteiger partial charge in [-0.05, 0) is 18.2 Å². The topological polar surface area (TPSA) is 79.0 Å². The molecule has 0 bridgehead atoms. The molecule has 18 heavy (non-hydrogen) atoms. The Morgan fingerprint density at radius 2 is 1.94 bits per heavy atom. The number of amides is 1. The molecular formula is C13H10N2O3. The summed E-state index contributed by atoms with van der Waals surface area (Å²) in [5, 5.41) is 2.59. The van der Waals surface area contributed by atoms with Crippen LogP contribution in [-0.4, -0.2) is 17.2 Å². The number of hydrogen-bond acceptors (Lipinski definition) is 3. The molecule has 0 fully saturated rings. The molecule has 0 atom stereocenters. The standard InChI is InChI=1S/C13H10N2O3/c16-8-9-3-1-4-10(7-9)14-13(18)11-5-2-6-12(17)15-11/h1-8H,(H,14,18)(H,15,17). The number of carbonyl (C=O) groups excluding carboxylic acids is 2. The Morgan fingerprint density at radius 3 is 2.67 bits per heavy atom. The molecular weight excluding hydrogens is 232 g/mol. The number of pyridine rings is 1. The van der Waals surface area contributed by atoms with Gasteiger partial charge in [0.05, 0.1) is 0 Å². The van der Waals surface area contributed by atoms with Crippen molar-refractivity contribution in [2.75, 3.05) is 5.32 Å². The summed E-state index contributed by atoms with van der Waals surface area (Å²) in [5.41, 5.74) is 0.784. The molecule has 1 aromatic carbocycles. The van der Waals surface area contributed by atoms with Gasteiger partial charge < -0.3 is 10.3 Å². The second-order valence-electron chi connectivity index (χ2n) is 3.63. The van der Waals surface area contributed by atoms with Crippen LogP contribution in [0.25, 0.3) is 0 Å². The highest BCUT2D eigenvalue weighted by Gasteiger charge is 2.06. The highest BCUT2D eigenvalue weighted by atomic mass is 16.2. The van der Waals surface area contributed by atoms with Crippen LogP contribution in [0.2, 0.25) is 0 Å². The summed E-state index contributed by atoms with van der Waals surface area (Å²) in [7, 11) is 0. The van der Waals surface area contributed by atoms with E-state index in [9.17, 15) is 14.4 Å². The second-order valence-corrected chi connectivity index (χ2v) is 3.63. The van der Waals surface area contributed by atoms with E-state index in [4.69, 9.17) is 0 Å². The van der Waals surface area contributed by atoms with E-state index in [1.165, 1.54) is 18.2 Å². The van der Waals surface area contributed by atoms with E-state index in [0.717, 1.165) is 0 Å². The number of hydrogen-bond donors (Lipinski definition) is 2. The maximum atomic E-state index is 11.8. The van der Waals surface area contributed by atoms with Crippen LogP contribution in [-0.2, 0) is 0 Å². The fourth-order valence-corrected chi connectivity index (χ4v) is 1.47. The molecule has 5 heteroatoms. The van der Waals surface area contributed by atoms with Gasteiger partial charge in [0.2, 0.25) is 5.56 Å². The monoisotopic (exact) mass is 242 g/mol. The van der Waals surface area contributed by atoms with E-state index in [0.29, 0.717) is 17.5 Å². The number of carbonyl (C=O) groups is 2. The van der Waals surface area contributed by atoms with Crippen molar-refractivity contribution in [1.82, 2.24) is 4.98 Å². The normalized spacial score (nSPS) is 9.78. The minimum absolute atomic E-state index is 0.166. The van der Waals surface area contributed by atoms with Crippen molar-refractivity contribution < 1.29 is 9.59 Å². The predicted octanol–water partition coefficient (Wildman–Crippen LogP) is 1.44. The van der Waals surface area contributed by atoms with E-state index in [2.05, 4.69) is 10.3 Å². The first-order valence-corrected chi connectivity index (χ1v) is 5.25. The fourth-order valence-electron chi connectivity index (χ4n) is 1.47. The van der Waals surface area contributed by atoms with Crippen molar-refractivity contribution in [3.05, 3.63) is 64.1 Å². The lowest BCUT2D eigenvalue weighted by atomic mass is 10.2. The smallest absolute Gasteiger partial charge is 0.272 e. The Balaban J connectivity index is 2.21. The van der Waals surface area contributed by atoms with Gasteiger partial charge >= 0.3 is 0 Å². The van der Waals surface area contributed by atoms with Crippen LogP contribution in [0, 0.1) is 0 Å². The molecule has 0 spiro atoms. The summed E-state index contributed by atoms with van der Waals surface area (Å²) in [6.45, 7) is 0. The molecule has 0 radical (unpaired) electrons. The molecule has 0 unspecified atom stereocenters. The largest absolute Gasteiger partial charge is 0.321 e. The molecule has 0 saturated carbocycles. The lowest BCUT2D eigenvalue weighted by Crippen LogP contribution is -2.17. The number of rotatable bonds is 3. The summed E-state index contributed by atoms with van der Waals surface area (Å²) in [4.78, 5) is 35.9. The summed E-state index contributed by atoms with van der Waals surface area (Å²) in [6.07, 6.45) is 0.694. The Hall–Kier alpha value is -2.69. The van der Waals surface area contributed by atoms with Crippen molar-refractivity contribution in [1.29, 1.82) is 0 Å². The number of benzene rings is 1. The van der Waals surface area contributed by atoms with Crippen LogP contribution >= 0.6 is 0 Å². The van der Waals surface area contributed by atoms with E-state index in [1.54, 1.807) is 24.3 Å². The van der Waals surface area contributed by atoms with Gasteiger partial charge in [-0.1, -0.05) is 18.2 Å². The highest BCUT2D eigenvalue weighted by molar-refractivity contribution is 6.03. The Morgan fingerprint density at radius 1 is 1.17 bits per heavy atom. The quantitative estimate of drug-likeness (QED) is 0.799. The van der Waals surface area contributed by atoms with E-state index >= 15 is 0 Å². The first kappa shape index (κ1) is 11.8. The zero-order valence-corrected chi connectivity index (χ0v) is 9.34. The Labute approximate surface area is 102 Å². The SMILES string of the molecule is O=Cc1cccc(NC(=O)c2cccc(=O)[nH]2)c1. The minimum Gasteiger partial charge on any atom is -0.321 e. The molecule has 1 aromatic heterocycles. The lowest BCUT2D eigenvalue weighted by Gasteiger charge is -2.05. The van der Waals surface area contributed by atoms with Crippen LogP contribution < -0.4 is 10.9 Å². The van der Waals surface area contributed by atoms with Gasteiger partial charge in [-0.15, -0.1) is 0 Å². The summed E-state index contributed by atoms with van der Waals surface area (Å²) in [5.74, 6) is -0.434. The molecule has 2 N–H and O–H groups in total. The van der Waals surface area contributed by atoms with Gasteiger partial charge in [-0.2, -0.15) is 0 Å². The third-order valence-electron chi connectivity index (χ3n) is 2.29. The first-order chi connectivity index (χ1) is 8.69. The van der Waals surface area contributed by atoms with Crippen LogP contribution in [0.3, 0.4) is 0 Å². The van der Waals surface area contributed by atoms with Crippen molar-refractivity contribution in [2.24, 2.45) is 0 Å². The minimum atomic E-state index is -0.434. The predicted molar refractivity (Wildman–Crippen MR) is 66.8 cm³/mol. The number of aldehydes is 1. The molecule has 0 saturated heterocycles. The van der Waals surface area contributed by atoms with Gasteiger partial charge in [0, 0.05) is 17.3 Å². The van der Waals surface area contributed by atoms with Crippen molar-refractivity contribution in [3.8, 4) is 0 Å². The van der Waals surface area contributed by atoms with Crippen molar-refractivity contribution >= 4 is 17.9 Å². The van der Waals surface area contributed by atoms with Gasteiger partial charge in [-0.25, -0.2) is 0 Å². The maximum absolute atomic E-state index is 11.8. The van der Waals surface area contributed by atoms with Crippen molar-refractivity contribution in [3.63, 3.8) is 0 Å². The number of nitrogens with one attached hydrogen (secondary N) is 2. The van der Waals surface area contributed by atoms with E-state index in [1.807, 2.05) is 0 Å². The highest BCUT2D eigenvalue weighted by Crippen LogP contribution is 2.10. The van der Waals surface area contributed by atoms with Gasteiger partial charge in [0.15, 0.2) is 0 Å². The number of aromatic amines is 1. The summed E-state index contributed by atoms with van der Waals surface area (Å²) in [6, 6.07) is 10.8. The molecule has 2 rings (SSSR count). The molecule has 90 valence electrons. The van der Waals surface area contributed by atoms with Crippen molar-refractivity contribution in [2.45, 2.75) is 0 Å². The van der Waals surface area contributed by atoms with E-state index < -0.39 is 5.91 Å². The fraction of sp³-hybridized carbons (Fsp3) is 0. The van der Waals surface area contributed by atoms with Crippen LogP contribution in [0.4, 0.5) is 5.69 Å². The van der Waals surface area contributed by atoms with Crippen LogP contribution in [0.5, 0.6) is 0 Å². The average Bonchev–Trinajstić information content (AvgIpc) is 2.39. The van der Waals surface area contributed by atoms with Gasteiger partial charge in [-0.3, -0.25) is 14.4 Å². The molecule has 2 aromatic rings. The maximum Gasteiger partial charge on any atom is 0.272 e. The number of anilines is 1.